The molecule has 0 aliphatic rings. The highest BCUT2D eigenvalue weighted by atomic mass is 16.4. The van der Waals surface area contributed by atoms with Gasteiger partial charge in [-0.05, 0) is 12.0 Å². The molecule has 22 heavy (non-hydrogen) atoms. The van der Waals surface area contributed by atoms with E-state index in [2.05, 4.69) is 0 Å². The van der Waals surface area contributed by atoms with Crippen molar-refractivity contribution in [3.8, 4) is 0 Å². The van der Waals surface area contributed by atoms with Gasteiger partial charge in [0.2, 0.25) is 0 Å². The molecule has 0 aromatic heterocycles. The molecule has 0 heterocycles. The first kappa shape index (κ1) is 20.0. The lowest BCUT2D eigenvalue weighted by atomic mass is 9.86. The van der Waals surface area contributed by atoms with Gasteiger partial charge in [-0.15, -0.1) is 0 Å². The van der Waals surface area contributed by atoms with Crippen molar-refractivity contribution in [2.24, 2.45) is 16.9 Å². The van der Waals surface area contributed by atoms with E-state index in [1.807, 2.05) is 30.3 Å². The molecule has 1 aromatic rings. The zero-order chi connectivity index (χ0) is 17.3. The molecule has 1 aromatic carbocycles. The third-order valence-electron chi connectivity index (χ3n) is 3.13. The van der Waals surface area contributed by atoms with Crippen molar-refractivity contribution in [3.05, 3.63) is 35.9 Å². The predicted molar refractivity (Wildman–Crippen MR) is 82.2 cm³/mol. The first-order chi connectivity index (χ1) is 10.1. The van der Waals surface area contributed by atoms with E-state index in [4.69, 9.17) is 26.8 Å². The third kappa shape index (κ3) is 7.16. The van der Waals surface area contributed by atoms with Gasteiger partial charge in [-0.2, -0.15) is 0 Å². The van der Waals surface area contributed by atoms with E-state index < -0.39 is 29.4 Å². The normalized spacial score (nSPS) is 13.5. The largest absolute Gasteiger partial charge is 0.480 e. The monoisotopic (exact) mass is 312 g/mol. The molecule has 0 saturated carbocycles. The van der Waals surface area contributed by atoms with Gasteiger partial charge in [-0.3, -0.25) is 9.59 Å². The number of hydrogen-bond acceptors (Lipinski definition) is 5. The van der Waals surface area contributed by atoms with Gasteiger partial charge in [0, 0.05) is 5.41 Å². The number of aliphatic hydroxyl groups is 1. The lowest BCUT2D eigenvalue weighted by molar-refractivity contribution is -0.142. The van der Waals surface area contributed by atoms with Crippen molar-refractivity contribution in [3.63, 3.8) is 0 Å². The molecule has 7 heteroatoms. The van der Waals surface area contributed by atoms with Gasteiger partial charge >= 0.3 is 11.9 Å². The number of carboxylic acids is 2. The number of nitrogens with two attached hydrogens (primary N) is 2. The minimum absolute atomic E-state index is 0.222. The average Bonchev–Trinajstić information content (AvgIpc) is 2.47. The second-order valence-corrected chi connectivity index (χ2v) is 5.60. The second-order valence-electron chi connectivity index (χ2n) is 5.60. The Hall–Kier alpha value is -1.96. The first-order valence-corrected chi connectivity index (χ1v) is 6.73. The Morgan fingerprint density at radius 2 is 1.59 bits per heavy atom. The zero-order valence-electron chi connectivity index (χ0n) is 12.8. The minimum Gasteiger partial charge on any atom is -0.480 e. The van der Waals surface area contributed by atoms with Crippen molar-refractivity contribution < 1.29 is 24.9 Å². The van der Waals surface area contributed by atoms with Gasteiger partial charge < -0.3 is 26.8 Å². The van der Waals surface area contributed by atoms with Crippen LogP contribution in [0.1, 0.15) is 19.4 Å². The number of carbonyl (C=O) groups is 2. The van der Waals surface area contributed by atoms with Crippen molar-refractivity contribution >= 4 is 11.9 Å². The van der Waals surface area contributed by atoms with E-state index in [-0.39, 0.29) is 6.61 Å². The number of hydrogen-bond donors (Lipinski definition) is 5. The number of aliphatic carboxylic acids is 2. The molecule has 0 bridgehead atoms. The van der Waals surface area contributed by atoms with Gasteiger partial charge in [0.25, 0.3) is 0 Å². The summed E-state index contributed by atoms with van der Waals surface area (Å²) in [5.41, 5.74) is 10.8. The lowest BCUT2D eigenvalue weighted by Crippen LogP contribution is -2.45. The quantitative estimate of drug-likeness (QED) is 0.499. The molecule has 0 radical (unpaired) electrons. The molecule has 0 spiro atoms. The minimum atomic E-state index is -1.08. The summed E-state index contributed by atoms with van der Waals surface area (Å²) in [5.74, 6) is -2.04. The molecular weight excluding hydrogens is 288 g/mol. The number of rotatable bonds is 6. The van der Waals surface area contributed by atoms with Gasteiger partial charge in [0.15, 0.2) is 0 Å². The van der Waals surface area contributed by atoms with Crippen LogP contribution in [0, 0.1) is 5.41 Å². The van der Waals surface area contributed by atoms with Crippen LogP contribution in [0.5, 0.6) is 0 Å². The maximum absolute atomic E-state index is 10.4. The average molecular weight is 312 g/mol. The van der Waals surface area contributed by atoms with Crippen molar-refractivity contribution in [2.45, 2.75) is 32.4 Å². The van der Waals surface area contributed by atoms with E-state index >= 15 is 0 Å². The van der Waals surface area contributed by atoms with E-state index in [1.165, 1.54) is 0 Å². The topological polar surface area (TPSA) is 147 Å². The summed E-state index contributed by atoms with van der Waals surface area (Å²) in [4.78, 5) is 20.6. The summed E-state index contributed by atoms with van der Waals surface area (Å²) in [5, 5.41) is 25.6. The number of benzene rings is 1. The molecule has 0 saturated heterocycles. The Bertz CT molecular complexity index is 476. The van der Waals surface area contributed by atoms with Crippen LogP contribution in [0.4, 0.5) is 0 Å². The Labute approximate surface area is 129 Å². The van der Waals surface area contributed by atoms with Gasteiger partial charge in [-0.25, -0.2) is 0 Å². The van der Waals surface area contributed by atoms with E-state index in [0.29, 0.717) is 6.42 Å². The molecule has 7 N–H and O–H groups in total. The van der Waals surface area contributed by atoms with Gasteiger partial charge in [-0.1, -0.05) is 44.2 Å². The van der Waals surface area contributed by atoms with Crippen LogP contribution < -0.4 is 11.5 Å². The van der Waals surface area contributed by atoms with Crippen LogP contribution in [0.2, 0.25) is 0 Å². The highest BCUT2D eigenvalue weighted by Gasteiger charge is 2.30. The zero-order valence-corrected chi connectivity index (χ0v) is 12.8. The molecule has 2 atom stereocenters. The van der Waals surface area contributed by atoms with Crippen LogP contribution in [0.3, 0.4) is 0 Å². The molecule has 0 amide bonds. The number of carboxylic acid groups (broad SMARTS) is 2. The molecule has 2 unspecified atom stereocenters. The van der Waals surface area contributed by atoms with Crippen LogP contribution >= 0.6 is 0 Å². The standard InChI is InChI=1S/C9H11NO2.C6H13NO3/c10-8(9(11)12)6-7-4-2-1-3-5-7;1-6(2,3-8)4(7)5(9)10/h1-5,8H,6,10H2,(H,11,12);4,8H,3,7H2,1-2H3,(H,9,10). The smallest absolute Gasteiger partial charge is 0.321 e. The summed E-state index contributed by atoms with van der Waals surface area (Å²) in [6.07, 6.45) is 0.385. The summed E-state index contributed by atoms with van der Waals surface area (Å²) >= 11 is 0. The van der Waals surface area contributed by atoms with Crippen LogP contribution in [0.25, 0.3) is 0 Å². The summed E-state index contributed by atoms with van der Waals surface area (Å²) in [6, 6.07) is 7.54. The highest BCUT2D eigenvalue weighted by molar-refractivity contribution is 5.74. The van der Waals surface area contributed by atoms with Gasteiger partial charge in [0.05, 0.1) is 6.61 Å². The fourth-order valence-electron chi connectivity index (χ4n) is 1.39. The predicted octanol–water partition coefficient (Wildman–Crippen LogP) is 0.0578. The van der Waals surface area contributed by atoms with Crippen molar-refractivity contribution in [1.82, 2.24) is 0 Å². The molecule has 124 valence electrons. The van der Waals surface area contributed by atoms with Crippen LogP contribution in [0.15, 0.2) is 30.3 Å². The molecule has 0 aliphatic carbocycles. The molecular formula is C15H24N2O5. The van der Waals surface area contributed by atoms with Crippen molar-refractivity contribution in [1.29, 1.82) is 0 Å². The summed E-state index contributed by atoms with van der Waals surface area (Å²) in [7, 11) is 0. The molecule has 0 aliphatic heterocycles. The fraction of sp³-hybridized carbons (Fsp3) is 0.467. The van der Waals surface area contributed by atoms with Gasteiger partial charge in [0.1, 0.15) is 12.1 Å². The summed E-state index contributed by atoms with van der Waals surface area (Å²) in [6.45, 7) is 2.98. The Kier molecular flexibility index (Phi) is 8.32. The Balaban J connectivity index is 0.000000409. The Morgan fingerprint density at radius 3 is 1.91 bits per heavy atom. The molecule has 7 nitrogen and oxygen atoms in total. The maximum atomic E-state index is 10.4. The summed E-state index contributed by atoms with van der Waals surface area (Å²) < 4.78 is 0. The SMILES string of the molecule is CC(C)(CO)C(N)C(=O)O.NC(Cc1ccccc1)C(=O)O. The highest BCUT2D eigenvalue weighted by Crippen LogP contribution is 2.17. The van der Waals surface area contributed by atoms with Crippen molar-refractivity contribution in [2.75, 3.05) is 6.61 Å². The molecule has 0 fully saturated rings. The van der Waals surface area contributed by atoms with E-state index in [1.54, 1.807) is 13.8 Å². The first-order valence-electron chi connectivity index (χ1n) is 6.73. The third-order valence-corrected chi connectivity index (χ3v) is 3.13. The molecule has 1 rings (SSSR count). The van der Waals surface area contributed by atoms with Crippen LogP contribution in [-0.4, -0.2) is 45.9 Å². The Morgan fingerprint density at radius 1 is 1.09 bits per heavy atom. The van der Waals surface area contributed by atoms with E-state index in [9.17, 15) is 9.59 Å². The lowest BCUT2D eigenvalue weighted by Gasteiger charge is -2.25. The van der Waals surface area contributed by atoms with Crippen LogP contribution in [-0.2, 0) is 16.0 Å². The van der Waals surface area contributed by atoms with E-state index in [0.717, 1.165) is 5.56 Å². The maximum Gasteiger partial charge on any atom is 0.321 e. The second kappa shape index (κ2) is 9.14. The fourth-order valence-corrected chi connectivity index (χ4v) is 1.39. The number of aliphatic hydroxyl groups excluding tert-OH is 1.